The van der Waals surface area contributed by atoms with Gasteiger partial charge in [-0.15, -0.1) is 0 Å². The fourth-order valence-electron chi connectivity index (χ4n) is 2.91. The van der Waals surface area contributed by atoms with Gasteiger partial charge in [-0.2, -0.15) is 0 Å². The number of hydrogen-bond acceptors (Lipinski definition) is 5. The summed E-state index contributed by atoms with van der Waals surface area (Å²) in [6, 6.07) is 13.1. The number of nitrogens with one attached hydrogen (secondary N) is 1. The number of fused-ring (bicyclic) bond motifs is 1. The number of esters is 1. The van der Waals surface area contributed by atoms with E-state index in [0.29, 0.717) is 28.8 Å². The molecule has 0 fully saturated rings. The first kappa shape index (κ1) is 18.3. The minimum absolute atomic E-state index is 0.135. The van der Waals surface area contributed by atoms with Crippen molar-refractivity contribution < 1.29 is 23.9 Å². The molecule has 7 heteroatoms. The molecule has 138 valence electrons. The van der Waals surface area contributed by atoms with Crippen LogP contribution in [0.5, 0.6) is 0 Å². The van der Waals surface area contributed by atoms with Crippen LogP contribution in [0, 0.1) is 0 Å². The molecule has 0 aromatic heterocycles. The van der Waals surface area contributed by atoms with Gasteiger partial charge in [0.1, 0.15) is 0 Å². The van der Waals surface area contributed by atoms with Gasteiger partial charge < -0.3 is 10.1 Å². The minimum Gasteiger partial charge on any atom is -0.465 e. The van der Waals surface area contributed by atoms with Gasteiger partial charge in [-0.3, -0.25) is 19.3 Å². The van der Waals surface area contributed by atoms with Gasteiger partial charge in [0.2, 0.25) is 5.91 Å². The number of methoxy groups -OCH3 is 1. The van der Waals surface area contributed by atoms with Gasteiger partial charge in [-0.1, -0.05) is 18.2 Å². The van der Waals surface area contributed by atoms with Crippen LogP contribution >= 0.6 is 0 Å². The Morgan fingerprint density at radius 2 is 1.67 bits per heavy atom. The zero-order chi connectivity index (χ0) is 19.4. The SMILES string of the molecule is COC(=O)c1cccc(NC(=O)CCCN2C(=O)c3ccccc3C2=O)c1. The number of nitrogens with zero attached hydrogens (tertiary/aromatic N) is 1. The average molecular weight is 366 g/mol. The average Bonchev–Trinajstić information content (AvgIpc) is 2.92. The Morgan fingerprint density at radius 3 is 2.30 bits per heavy atom. The Hall–Kier alpha value is -3.48. The number of rotatable bonds is 6. The van der Waals surface area contributed by atoms with Gasteiger partial charge in [-0.05, 0) is 36.8 Å². The Balaban J connectivity index is 1.53. The van der Waals surface area contributed by atoms with Gasteiger partial charge in [0.15, 0.2) is 0 Å². The second-order valence-electron chi connectivity index (χ2n) is 6.03. The normalized spacial score (nSPS) is 12.7. The predicted molar refractivity (Wildman–Crippen MR) is 97.5 cm³/mol. The molecule has 0 unspecified atom stereocenters. The molecule has 1 aliphatic heterocycles. The van der Waals surface area contributed by atoms with Gasteiger partial charge in [0, 0.05) is 18.7 Å². The van der Waals surface area contributed by atoms with Crippen LogP contribution in [-0.4, -0.2) is 42.2 Å². The first-order valence-corrected chi connectivity index (χ1v) is 8.44. The van der Waals surface area contributed by atoms with Crippen LogP contribution in [0.25, 0.3) is 0 Å². The number of carbonyl (C=O) groups excluding carboxylic acids is 4. The first-order chi connectivity index (χ1) is 13.0. The summed E-state index contributed by atoms with van der Waals surface area (Å²) in [6.07, 6.45) is 0.476. The molecule has 0 spiro atoms. The molecule has 7 nitrogen and oxygen atoms in total. The lowest BCUT2D eigenvalue weighted by Gasteiger charge is -2.13. The second-order valence-corrected chi connectivity index (χ2v) is 6.03. The Labute approximate surface area is 155 Å². The van der Waals surface area contributed by atoms with E-state index in [9.17, 15) is 19.2 Å². The standard InChI is InChI=1S/C20H18N2O5/c1-27-20(26)13-6-4-7-14(12-13)21-17(23)10-5-11-22-18(24)15-8-2-3-9-16(15)19(22)25/h2-4,6-9,12H,5,10-11H2,1H3,(H,21,23). The van der Waals surface area contributed by atoms with E-state index >= 15 is 0 Å². The molecule has 0 saturated carbocycles. The van der Waals surface area contributed by atoms with E-state index in [1.807, 2.05) is 0 Å². The number of benzene rings is 2. The van der Waals surface area contributed by atoms with Crippen molar-refractivity contribution in [2.45, 2.75) is 12.8 Å². The fraction of sp³-hybridized carbons (Fsp3) is 0.200. The summed E-state index contributed by atoms with van der Waals surface area (Å²) in [5, 5.41) is 2.69. The van der Waals surface area contributed by atoms with Crippen molar-refractivity contribution in [2.75, 3.05) is 19.0 Å². The molecular weight excluding hydrogens is 348 g/mol. The summed E-state index contributed by atoms with van der Waals surface area (Å²) in [6.45, 7) is 0.169. The van der Waals surface area contributed by atoms with E-state index in [4.69, 9.17) is 0 Å². The van der Waals surface area contributed by atoms with E-state index < -0.39 is 5.97 Å². The summed E-state index contributed by atoms with van der Waals surface area (Å²) in [5.41, 5.74) is 1.60. The van der Waals surface area contributed by atoms with Crippen molar-refractivity contribution in [2.24, 2.45) is 0 Å². The number of carbonyl (C=O) groups is 4. The third kappa shape index (κ3) is 3.87. The fourth-order valence-corrected chi connectivity index (χ4v) is 2.91. The molecule has 2 aromatic carbocycles. The summed E-state index contributed by atoms with van der Waals surface area (Å²) in [5.74, 6) is -1.42. The van der Waals surface area contributed by atoms with Gasteiger partial charge in [-0.25, -0.2) is 4.79 Å². The lowest BCUT2D eigenvalue weighted by atomic mass is 10.1. The molecular formula is C20H18N2O5. The van der Waals surface area contributed by atoms with Crippen LogP contribution in [0.2, 0.25) is 0 Å². The first-order valence-electron chi connectivity index (χ1n) is 8.44. The molecule has 3 amide bonds. The molecule has 2 aromatic rings. The van der Waals surface area contributed by atoms with Crippen molar-refractivity contribution in [1.29, 1.82) is 0 Å². The highest BCUT2D eigenvalue weighted by atomic mass is 16.5. The molecule has 1 heterocycles. The van der Waals surface area contributed by atoms with Gasteiger partial charge in [0.25, 0.3) is 11.8 Å². The maximum Gasteiger partial charge on any atom is 0.337 e. The molecule has 0 saturated heterocycles. The Kier molecular flexibility index (Phi) is 5.30. The van der Waals surface area contributed by atoms with Gasteiger partial charge in [0.05, 0.1) is 23.8 Å². The second kappa shape index (κ2) is 7.82. The molecule has 1 N–H and O–H groups in total. The van der Waals surface area contributed by atoms with E-state index in [2.05, 4.69) is 10.1 Å². The van der Waals surface area contributed by atoms with E-state index in [-0.39, 0.29) is 30.7 Å². The quantitative estimate of drug-likeness (QED) is 0.626. The van der Waals surface area contributed by atoms with Crippen LogP contribution in [0.1, 0.15) is 43.9 Å². The number of anilines is 1. The van der Waals surface area contributed by atoms with Gasteiger partial charge >= 0.3 is 5.97 Å². The van der Waals surface area contributed by atoms with Crippen molar-refractivity contribution >= 4 is 29.4 Å². The molecule has 0 atom stereocenters. The lowest BCUT2D eigenvalue weighted by molar-refractivity contribution is -0.116. The summed E-state index contributed by atoms with van der Waals surface area (Å²) in [4.78, 5) is 49.3. The zero-order valence-electron chi connectivity index (χ0n) is 14.7. The number of hydrogen-bond donors (Lipinski definition) is 1. The highest BCUT2D eigenvalue weighted by Gasteiger charge is 2.34. The van der Waals surface area contributed by atoms with E-state index in [1.54, 1.807) is 42.5 Å². The highest BCUT2D eigenvalue weighted by molar-refractivity contribution is 6.21. The van der Waals surface area contributed by atoms with E-state index in [0.717, 1.165) is 4.90 Å². The number of amides is 3. The van der Waals surface area contributed by atoms with Crippen molar-refractivity contribution in [1.82, 2.24) is 4.90 Å². The topological polar surface area (TPSA) is 92.8 Å². The van der Waals surface area contributed by atoms with Crippen LogP contribution in [0.4, 0.5) is 5.69 Å². The third-order valence-corrected chi connectivity index (χ3v) is 4.23. The minimum atomic E-state index is -0.489. The molecule has 0 aliphatic carbocycles. The maximum absolute atomic E-state index is 12.3. The van der Waals surface area contributed by atoms with Crippen molar-refractivity contribution in [3.05, 3.63) is 65.2 Å². The summed E-state index contributed by atoms with van der Waals surface area (Å²) < 4.78 is 4.64. The smallest absolute Gasteiger partial charge is 0.337 e. The molecule has 27 heavy (non-hydrogen) atoms. The monoisotopic (exact) mass is 366 g/mol. The lowest BCUT2D eigenvalue weighted by Crippen LogP contribution is -2.31. The molecule has 0 bridgehead atoms. The Bertz CT molecular complexity index is 887. The zero-order valence-corrected chi connectivity index (χ0v) is 14.7. The molecule has 0 radical (unpaired) electrons. The number of ether oxygens (including phenoxy) is 1. The third-order valence-electron chi connectivity index (χ3n) is 4.23. The largest absolute Gasteiger partial charge is 0.465 e. The summed E-state index contributed by atoms with van der Waals surface area (Å²) in [7, 11) is 1.28. The van der Waals surface area contributed by atoms with Crippen LogP contribution < -0.4 is 5.32 Å². The van der Waals surface area contributed by atoms with Crippen LogP contribution in [0.3, 0.4) is 0 Å². The predicted octanol–water partition coefficient (Wildman–Crippen LogP) is 2.49. The molecule has 3 rings (SSSR count). The van der Waals surface area contributed by atoms with Crippen LogP contribution in [-0.2, 0) is 9.53 Å². The van der Waals surface area contributed by atoms with Crippen molar-refractivity contribution in [3.63, 3.8) is 0 Å². The van der Waals surface area contributed by atoms with E-state index in [1.165, 1.54) is 13.2 Å². The maximum atomic E-state index is 12.3. The summed E-state index contributed by atoms with van der Waals surface area (Å²) >= 11 is 0. The highest BCUT2D eigenvalue weighted by Crippen LogP contribution is 2.22. The number of imide groups is 1. The Morgan fingerprint density at radius 1 is 1.00 bits per heavy atom. The van der Waals surface area contributed by atoms with Crippen molar-refractivity contribution in [3.8, 4) is 0 Å². The van der Waals surface area contributed by atoms with Crippen LogP contribution in [0.15, 0.2) is 48.5 Å². The molecule has 1 aliphatic rings.